The first kappa shape index (κ1) is 25.2. The van der Waals surface area contributed by atoms with Crippen LogP contribution in [-0.4, -0.2) is 39.6 Å². The molecule has 0 saturated carbocycles. The van der Waals surface area contributed by atoms with Gasteiger partial charge in [-0.1, -0.05) is 66.7 Å². The van der Waals surface area contributed by atoms with Crippen LogP contribution in [0.3, 0.4) is 0 Å². The maximum Gasteiger partial charge on any atom is 0.166 e. The van der Waals surface area contributed by atoms with Crippen LogP contribution in [-0.2, 0) is 11.2 Å². The summed E-state index contributed by atoms with van der Waals surface area (Å²) < 4.78 is 12.1. The van der Waals surface area contributed by atoms with Crippen molar-refractivity contribution in [2.45, 2.75) is 50.2 Å². The van der Waals surface area contributed by atoms with Gasteiger partial charge in [-0.25, -0.2) is 4.98 Å². The van der Waals surface area contributed by atoms with Crippen LogP contribution < -0.4 is 4.74 Å². The lowest BCUT2D eigenvalue weighted by molar-refractivity contribution is -0.124. The Hall–Kier alpha value is -2.51. The largest absolute Gasteiger partial charge is 0.494 e. The van der Waals surface area contributed by atoms with Crippen molar-refractivity contribution in [1.82, 2.24) is 9.97 Å². The molecule has 7 heteroatoms. The second kappa shape index (κ2) is 11.3. The van der Waals surface area contributed by atoms with E-state index < -0.39 is 6.10 Å². The first-order valence-electron chi connectivity index (χ1n) is 12.4. The third-order valence-electron chi connectivity index (χ3n) is 6.73. The first-order chi connectivity index (χ1) is 17.5. The summed E-state index contributed by atoms with van der Waals surface area (Å²) in [6, 6.07) is 22.2. The number of rotatable bonds is 8. The number of aliphatic hydroxyl groups excluding tert-OH is 1. The topological polar surface area (TPSA) is 67.4 Å². The Morgan fingerprint density at radius 3 is 2.72 bits per heavy atom. The predicted molar refractivity (Wildman–Crippen MR) is 146 cm³/mol. The number of fused-ring (bicyclic) bond motifs is 1. The summed E-state index contributed by atoms with van der Waals surface area (Å²) in [5.41, 5.74) is 5.23. The quantitative estimate of drug-likeness (QED) is 0.248. The maximum absolute atomic E-state index is 10.9. The molecule has 4 unspecified atom stereocenters. The molecule has 188 valence electrons. The molecule has 2 N–H and O–H groups in total. The number of nitrogens with zero attached hydrogens (tertiary/aromatic N) is 1. The molecule has 3 aromatic carbocycles. The van der Waals surface area contributed by atoms with Gasteiger partial charge in [-0.2, -0.15) is 0 Å². The highest BCUT2D eigenvalue weighted by molar-refractivity contribution is 7.99. The number of hydrogen-bond donors (Lipinski definition) is 2. The second-order valence-corrected chi connectivity index (χ2v) is 10.7. The zero-order chi connectivity index (χ0) is 25.1. The Kier molecular flexibility index (Phi) is 7.87. The molecule has 5 nitrogen and oxygen atoms in total. The number of imidazole rings is 1. The number of nitrogens with one attached hydrogen (secondary N) is 1. The van der Waals surface area contributed by atoms with Crippen LogP contribution in [0.2, 0.25) is 5.02 Å². The van der Waals surface area contributed by atoms with Crippen molar-refractivity contribution in [3.05, 3.63) is 88.4 Å². The van der Waals surface area contributed by atoms with E-state index in [0.717, 1.165) is 43.7 Å². The van der Waals surface area contributed by atoms with Crippen LogP contribution in [0.25, 0.3) is 11.0 Å². The minimum Gasteiger partial charge on any atom is -0.494 e. The van der Waals surface area contributed by atoms with E-state index in [-0.39, 0.29) is 18.1 Å². The van der Waals surface area contributed by atoms with E-state index in [9.17, 15) is 5.11 Å². The van der Waals surface area contributed by atoms with Crippen molar-refractivity contribution < 1.29 is 14.6 Å². The highest BCUT2D eigenvalue weighted by Crippen LogP contribution is 2.39. The van der Waals surface area contributed by atoms with Gasteiger partial charge in [0.25, 0.3) is 0 Å². The van der Waals surface area contributed by atoms with Gasteiger partial charge in [-0.15, -0.1) is 0 Å². The van der Waals surface area contributed by atoms with Gasteiger partial charge in [0.1, 0.15) is 5.75 Å². The lowest BCUT2D eigenvalue weighted by atomic mass is 9.86. The average Bonchev–Trinajstić information content (AvgIpc) is 3.30. The van der Waals surface area contributed by atoms with Gasteiger partial charge in [-0.3, -0.25) is 0 Å². The molecule has 4 aromatic rings. The van der Waals surface area contributed by atoms with Gasteiger partial charge in [0.2, 0.25) is 0 Å². The van der Waals surface area contributed by atoms with Crippen molar-refractivity contribution in [2.75, 3.05) is 12.4 Å². The molecule has 0 radical (unpaired) electrons. The van der Waals surface area contributed by atoms with Gasteiger partial charge in [0.05, 0.1) is 36.0 Å². The second-order valence-electron chi connectivity index (χ2n) is 9.32. The molecule has 0 amide bonds. The summed E-state index contributed by atoms with van der Waals surface area (Å²) in [7, 11) is 0. The molecule has 36 heavy (non-hydrogen) atoms. The van der Waals surface area contributed by atoms with E-state index in [1.54, 1.807) is 11.8 Å². The van der Waals surface area contributed by atoms with E-state index in [0.29, 0.717) is 25.2 Å². The molecule has 4 atom stereocenters. The number of hydrogen-bond acceptors (Lipinski definition) is 5. The fourth-order valence-electron chi connectivity index (χ4n) is 4.73. The Morgan fingerprint density at radius 1 is 1.14 bits per heavy atom. The minimum atomic E-state index is -0.435. The predicted octanol–water partition coefficient (Wildman–Crippen LogP) is 6.83. The summed E-state index contributed by atoms with van der Waals surface area (Å²) in [5, 5.41) is 12.5. The van der Waals surface area contributed by atoms with E-state index in [2.05, 4.69) is 35.1 Å². The molecule has 0 aliphatic carbocycles. The average molecular weight is 523 g/mol. The third-order valence-corrected chi connectivity index (χ3v) is 8.10. The molecule has 1 aromatic heterocycles. The van der Waals surface area contributed by atoms with E-state index in [1.807, 2.05) is 55.5 Å². The molecule has 5 rings (SSSR count). The number of halogens is 1. The fourth-order valence-corrected chi connectivity index (χ4v) is 5.82. The van der Waals surface area contributed by atoms with E-state index in [1.165, 1.54) is 0 Å². The number of H-pyrrole nitrogens is 1. The number of benzene rings is 3. The number of aromatic amines is 1. The highest BCUT2D eigenvalue weighted by atomic mass is 35.5. The van der Waals surface area contributed by atoms with Crippen molar-refractivity contribution in [3.8, 4) is 5.75 Å². The van der Waals surface area contributed by atoms with Crippen LogP contribution in [0, 0.1) is 5.92 Å². The molecular weight excluding hydrogens is 492 g/mol. The summed E-state index contributed by atoms with van der Waals surface area (Å²) in [6.07, 6.45) is 0.609. The summed E-state index contributed by atoms with van der Waals surface area (Å²) in [5.74, 6) is 1.57. The monoisotopic (exact) mass is 522 g/mol. The Bertz CT molecular complexity index is 1280. The van der Waals surface area contributed by atoms with Crippen molar-refractivity contribution >= 4 is 34.4 Å². The lowest BCUT2D eigenvalue weighted by Crippen LogP contribution is -2.39. The van der Waals surface area contributed by atoms with Crippen molar-refractivity contribution in [2.24, 2.45) is 5.92 Å². The van der Waals surface area contributed by atoms with Crippen LogP contribution in [0.15, 0.2) is 71.9 Å². The molecule has 1 fully saturated rings. The van der Waals surface area contributed by atoms with Crippen LogP contribution in [0.5, 0.6) is 5.75 Å². The first-order valence-corrected chi connectivity index (χ1v) is 13.8. The van der Waals surface area contributed by atoms with Gasteiger partial charge >= 0.3 is 0 Å². The molecule has 1 aliphatic rings. The summed E-state index contributed by atoms with van der Waals surface area (Å²) >= 11 is 8.21. The van der Waals surface area contributed by atoms with Crippen LogP contribution >= 0.6 is 23.4 Å². The number of para-hydroxylation sites is 2. The van der Waals surface area contributed by atoms with Gasteiger partial charge in [0.15, 0.2) is 5.16 Å². The third kappa shape index (κ3) is 5.73. The molecule has 2 heterocycles. The Labute approximate surface area is 221 Å². The smallest absolute Gasteiger partial charge is 0.166 e. The maximum atomic E-state index is 10.9. The summed E-state index contributed by atoms with van der Waals surface area (Å²) in [6.45, 7) is 4.68. The van der Waals surface area contributed by atoms with Crippen LogP contribution in [0.1, 0.15) is 43.1 Å². The molecule has 0 spiro atoms. The highest BCUT2D eigenvalue weighted by Gasteiger charge is 2.36. The van der Waals surface area contributed by atoms with Gasteiger partial charge in [-0.05, 0) is 60.4 Å². The van der Waals surface area contributed by atoms with Crippen molar-refractivity contribution in [3.63, 3.8) is 0 Å². The zero-order valence-corrected chi connectivity index (χ0v) is 22.1. The number of thioether (sulfide) groups is 1. The fraction of sp³-hybridized carbons (Fsp3) is 0.345. The number of aromatic nitrogens is 2. The SMILES string of the molecule is CCOc1ccc(Cc2cc(C3OC(CSc4nc5ccccc5[nH]4)CC(O)C3C)ccc2Cl)cc1. The Balaban J connectivity index is 1.29. The molecule has 1 saturated heterocycles. The molecule has 0 bridgehead atoms. The zero-order valence-electron chi connectivity index (χ0n) is 20.5. The number of aliphatic hydroxyl groups is 1. The van der Waals surface area contributed by atoms with Crippen molar-refractivity contribution in [1.29, 1.82) is 0 Å². The van der Waals surface area contributed by atoms with E-state index >= 15 is 0 Å². The number of ether oxygens (including phenoxy) is 2. The minimum absolute atomic E-state index is 0.0167. The summed E-state index contributed by atoms with van der Waals surface area (Å²) in [4.78, 5) is 8.01. The van der Waals surface area contributed by atoms with Crippen LogP contribution in [0.4, 0.5) is 0 Å². The Morgan fingerprint density at radius 2 is 1.94 bits per heavy atom. The van der Waals surface area contributed by atoms with Gasteiger partial charge in [0, 0.05) is 23.1 Å². The normalized spacial score (nSPS) is 22.1. The molecular formula is C29H31ClN2O3S. The van der Waals surface area contributed by atoms with Gasteiger partial charge < -0.3 is 19.6 Å². The van der Waals surface area contributed by atoms with E-state index in [4.69, 9.17) is 21.1 Å². The standard InChI is InChI=1S/C29H31ClN2O3S/c1-3-34-22-11-8-19(9-12-22)14-21-15-20(10-13-24(21)30)28-18(2)27(33)16-23(35-28)17-36-29-31-25-6-4-5-7-26(25)32-29/h4-13,15,18,23,27-28,33H,3,14,16-17H2,1-2H3,(H,31,32). The molecule has 1 aliphatic heterocycles. The lowest BCUT2D eigenvalue weighted by Gasteiger charge is -2.38.